The maximum Gasteiger partial charge on any atom is 0.240 e. The van der Waals surface area contributed by atoms with Gasteiger partial charge in [-0.3, -0.25) is 4.79 Å². The Balaban J connectivity index is 2.65. The van der Waals surface area contributed by atoms with E-state index in [1.165, 1.54) is 0 Å². The molecule has 1 atom stereocenters. The Morgan fingerprint density at radius 2 is 2.19 bits per heavy atom. The number of aryl methyl sites for hydroxylation is 1. The van der Waals surface area contributed by atoms with Crippen LogP contribution in [0.3, 0.4) is 0 Å². The van der Waals surface area contributed by atoms with Crippen LogP contribution in [0, 0.1) is 6.92 Å². The second kappa shape index (κ2) is 4.65. The van der Waals surface area contributed by atoms with Gasteiger partial charge in [0.2, 0.25) is 11.8 Å². The molecule has 16 heavy (non-hydrogen) atoms. The number of carbonyl (C=O) groups excluding carboxylic acids is 1. The van der Waals surface area contributed by atoms with Gasteiger partial charge in [-0.05, 0) is 34.7 Å². The first-order valence-corrected chi connectivity index (χ1v) is 5.29. The highest BCUT2D eigenvalue weighted by Crippen LogP contribution is 2.13. The summed E-state index contributed by atoms with van der Waals surface area (Å²) in [6.07, 6.45) is 1.64. The third kappa shape index (κ3) is 2.82. The highest BCUT2D eigenvalue weighted by atomic mass is 16.4. The summed E-state index contributed by atoms with van der Waals surface area (Å²) in [6.45, 7) is 7.29. The minimum Gasteiger partial charge on any atom is -0.444 e. The smallest absolute Gasteiger partial charge is 0.240 e. The van der Waals surface area contributed by atoms with Crippen molar-refractivity contribution in [1.82, 2.24) is 15.6 Å². The van der Waals surface area contributed by atoms with Gasteiger partial charge in [-0.2, -0.15) is 0 Å². The molecule has 90 valence electrons. The van der Waals surface area contributed by atoms with Crippen molar-refractivity contribution in [3.05, 3.63) is 17.8 Å². The molecule has 0 saturated heterocycles. The molecule has 0 spiro atoms. The summed E-state index contributed by atoms with van der Waals surface area (Å²) in [5.74, 6) is 1.18. The molecule has 0 fully saturated rings. The summed E-state index contributed by atoms with van der Waals surface area (Å²) in [7, 11) is 1.75. The van der Waals surface area contributed by atoms with E-state index in [1.807, 2.05) is 27.7 Å². The largest absolute Gasteiger partial charge is 0.444 e. The second-order valence-corrected chi connectivity index (χ2v) is 4.38. The number of likely N-dealkylation sites (N-methyl/N-ethyl adjacent to an activating group) is 1. The number of amides is 1. The van der Waals surface area contributed by atoms with Gasteiger partial charge < -0.3 is 15.1 Å². The topological polar surface area (TPSA) is 67.2 Å². The van der Waals surface area contributed by atoms with E-state index < -0.39 is 5.54 Å². The summed E-state index contributed by atoms with van der Waals surface area (Å²) >= 11 is 0. The molecule has 1 heterocycles. The van der Waals surface area contributed by atoms with E-state index in [-0.39, 0.29) is 11.9 Å². The molecule has 5 heteroatoms. The van der Waals surface area contributed by atoms with E-state index in [2.05, 4.69) is 15.6 Å². The molecular weight excluding hydrogens is 206 g/mol. The minimum atomic E-state index is -0.601. The lowest BCUT2D eigenvalue weighted by Gasteiger charge is -2.24. The van der Waals surface area contributed by atoms with Crippen molar-refractivity contribution < 1.29 is 9.21 Å². The Kier molecular flexibility index (Phi) is 3.70. The zero-order valence-electron chi connectivity index (χ0n) is 10.4. The maximum atomic E-state index is 11.8. The van der Waals surface area contributed by atoms with E-state index in [0.29, 0.717) is 5.89 Å². The summed E-state index contributed by atoms with van der Waals surface area (Å²) in [5.41, 5.74) is -0.601. The van der Waals surface area contributed by atoms with E-state index in [4.69, 9.17) is 4.42 Å². The van der Waals surface area contributed by atoms with Crippen molar-refractivity contribution in [2.45, 2.75) is 39.3 Å². The fourth-order valence-electron chi connectivity index (χ4n) is 1.12. The molecular formula is C11H19N3O2. The van der Waals surface area contributed by atoms with Crippen molar-refractivity contribution in [2.75, 3.05) is 7.05 Å². The van der Waals surface area contributed by atoms with Gasteiger partial charge in [0.05, 0.1) is 11.7 Å². The number of nitrogens with zero attached hydrogens (tertiary/aromatic N) is 1. The van der Waals surface area contributed by atoms with E-state index >= 15 is 0 Å². The van der Waals surface area contributed by atoms with Crippen LogP contribution in [0.1, 0.15) is 38.5 Å². The van der Waals surface area contributed by atoms with Crippen LogP contribution in [0.4, 0.5) is 0 Å². The molecule has 0 aliphatic heterocycles. The number of rotatable bonds is 4. The number of hydrogen-bond donors (Lipinski definition) is 2. The third-order valence-electron chi connectivity index (χ3n) is 2.55. The standard InChI is InChI=1S/C11H19N3O2/c1-7-6-13-9(16-7)8(2)14-10(15)11(3,4)12-5/h6,8,12H,1-5H3,(H,14,15). The number of nitrogens with one attached hydrogen (secondary N) is 2. The monoisotopic (exact) mass is 225 g/mol. The fourth-order valence-corrected chi connectivity index (χ4v) is 1.12. The van der Waals surface area contributed by atoms with E-state index in [0.717, 1.165) is 5.76 Å². The van der Waals surface area contributed by atoms with Crippen molar-refractivity contribution in [2.24, 2.45) is 0 Å². The molecule has 0 aromatic carbocycles. The summed E-state index contributed by atoms with van der Waals surface area (Å²) in [6, 6.07) is -0.228. The number of hydrogen-bond acceptors (Lipinski definition) is 4. The Bertz CT molecular complexity index is 371. The van der Waals surface area contributed by atoms with Crippen molar-refractivity contribution in [3.8, 4) is 0 Å². The molecule has 1 unspecified atom stereocenters. The van der Waals surface area contributed by atoms with Gasteiger partial charge in [-0.15, -0.1) is 0 Å². The van der Waals surface area contributed by atoms with Gasteiger partial charge in [-0.1, -0.05) is 0 Å². The van der Waals surface area contributed by atoms with Crippen molar-refractivity contribution >= 4 is 5.91 Å². The van der Waals surface area contributed by atoms with Crippen LogP contribution in [-0.4, -0.2) is 23.5 Å². The van der Waals surface area contributed by atoms with Crippen LogP contribution >= 0.6 is 0 Å². The molecule has 1 aromatic heterocycles. The molecule has 1 amide bonds. The van der Waals surface area contributed by atoms with Crippen molar-refractivity contribution in [1.29, 1.82) is 0 Å². The zero-order chi connectivity index (χ0) is 12.3. The van der Waals surface area contributed by atoms with Crippen LogP contribution < -0.4 is 10.6 Å². The predicted molar refractivity (Wildman–Crippen MR) is 60.9 cm³/mol. The maximum absolute atomic E-state index is 11.8. The van der Waals surface area contributed by atoms with Crippen molar-refractivity contribution in [3.63, 3.8) is 0 Å². The van der Waals surface area contributed by atoms with Gasteiger partial charge in [-0.25, -0.2) is 4.98 Å². The van der Waals surface area contributed by atoms with E-state index in [1.54, 1.807) is 13.2 Å². The molecule has 2 N–H and O–H groups in total. The third-order valence-corrected chi connectivity index (χ3v) is 2.55. The lowest BCUT2D eigenvalue weighted by atomic mass is 10.0. The molecule has 0 bridgehead atoms. The van der Waals surface area contributed by atoms with Crippen LogP contribution in [-0.2, 0) is 4.79 Å². The molecule has 0 saturated carbocycles. The second-order valence-electron chi connectivity index (χ2n) is 4.38. The Morgan fingerprint density at radius 3 is 2.62 bits per heavy atom. The number of aromatic nitrogens is 1. The lowest BCUT2D eigenvalue weighted by molar-refractivity contribution is -0.127. The highest BCUT2D eigenvalue weighted by molar-refractivity contribution is 5.85. The quantitative estimate of drug-likeness (QED) is 0.807. The molecule has 0 aliphatic carbocycles. The summed E-state index contributed by atoms with van der Waals surface area (Å²) in [5, 5.41) is 5.78. The zero-order valence-corrected chi connectivity index (χ0v) is 10.4. The normalized spacial score (nSPS) is 13.6. The molecule has 1 aromatic rings. The van der Waals surface area contributed by atoms with E-state index in [9.17, 15) is 4.79 Å². The molecule has 5 nitrogen and oxygen atoms in total. The van der Waals surface area contributed by atoms with Crippen LogP contribution in [0.5, 0.6) is 0 Å². The van der Waals surface area contributed by atoms with Gasteiger partial charge in [0.15, 0.2) is 0 Å². The minimum absolute atomic E-state index is 0.0849. The SMILES string of the molecule is CNC(C)(C)C(=O)NC(C)c1ncc(C)o1. The highest BCUT2D eigenvalue weighted by Gasteiger charge is 2.27. The number of carbonyl (C=O) groups is 1. The average molecular weight is 225 g/mol. The van der Waals surface area contributed by atoms with Gasteiger partial charge in [0, 0.05) is 0 Å². The van der Waals surface area contributed by atoms with Crippen LogP contribution in [0.15, 0.2) is 10.6 Å². The summed E-state index contributed by atoms with van der Waals surface area (Å²) in [4.78, 5) is 15.9. The Labute approximate surface area is 95.6 Å². The van der Waals surface area contributed by atoms with Crippen LogP contribution in [0.25, 0.3) is 0 Å². The van der Waals surface area contributed by atoms with Gasteiger partial charge in [0.1, 0.15) is 11.8 Å². The number of oxazole rings is 1. The fraction of sp³-hybridized carbons (Fsp3) is 0.636. The predicted octanol–water partition coefficient (Wildman–Crippen LogP) is 1.16. The first-order chi connectivity index (χ1) is 7.36. The summed E-state index contributed by atoms with van der Waals surface area (Å²) < 4.78 is 5.35. The Morgan fingerprint density at radius 1 is 1.56 bits per heavy atom. The molecule has 1 rings (SSSR count). The molecule has 0 aliphatic rings. The first-order valence-electron chi connectivity index (χ1n) is 5.29. The lowest BCUT2D eigenvalue weighted by Crippen LogP contribution is -2.51. The Hall–Kier alpha value is -1.36. The van der Waals surface area contributed by atoms with Gasteiger partial charge in [0.25, 0.3) is 0 Å². The van der Waals surface area contributed by atoms with Gasteiger partial charge >= 0.3 is 0 Å². The molecule has 0 radical (unpaired) electrons. The van der Waals surface area contributed by atoms with Crippen LogP contribution in [0.2, 0.25) is 0 Å². The first kappa shape index (κ1) is 12.7. The average Bonchev–Trinajstić information content (AvgIpc) is 2.64.